The first-order valence-electron chi connectivity index (χ1n) is 9.82. The zero-order chi connectivity index (χ0) is 18.8. The van der Waals surface area contributed by atoms with Gasteiger partial charge < -0.3 is 20.7 Å². The number of aromatic amines is 1. The van der Waals surface area contributed by atoms with Crippen molar-refractivity contribution in [2.75, 3.05) is 26.2 Å². The molecule has 0 bridgehead atoms. The standard InChI is InChI=1S/C21H34N4O/c1-4-22-21(25-14-17(10-12-26)13-16(2)3)23-11-9-18-15-24-20-8-6-5-7-19(18)20/h5-8,15-17,24,26H,4,9-14H2,1-3H3,(H2,22,23,25). The van der Waals surface area contributed by atoms with Crippen LogP contribution in [0.2, 0.25) is 0 Å². The Kier molecular flexibility index (Phi) is 8.48. The molecule has 0 saturated heterocycles. The molecule has 1 heterocycles. The van der Waals surface area contributed by atoms with E-state index in [1.165, 1.54) is 16.5 Å². The number of para-hydroxylation sites is 1. The molecule has 4 N–H and O–H groups in total. The number of benzene rings is 1. The van der Waals surface area contributed by atoms with Gasteiger partial charge in [0.1, 0.15) is 0 Å². The summed E-state index contributed by atoms with van der Waals surface area (Å²) in [4.78, 5) is 8.07. The van der Waals surface area contributed by atoms with Crippen LogP contribution in [0, 0.1) is 11.8 Å². The molecule has 2 aromatic rings. The van der Waals surface area contributed by atoms with Gasteiger partial charge in [0.15, 0.2) is 5.96 Å². The number of aromatic nitrogens is 1. The van der Waals surface area contributed by atoms with Gasteiger partial charge in [0.05, 0.1) is 0 Å². The molecule has 1 unspecified atom stereocenters. The molecular formula is C21H34N4O. The Morgan fingerprint density at radius 2 is 2.04 bits per heavy atom. The maximum absolute atomic E-state index is 9.27. The first kappa shape index (κ1) is 20.3. The van der Waals surface area contributed by atoms with Crippen LogP contribution in [0.25, 0.3) is 10.9 Å². The van der Waals surface area contributed by atoms with Crippen LogP contribution >= 0.6 is 0 Å². The average Bonchev–Trinajstić information content (AvgIpc) is 3.02. The minimum atomic E-state index is 0.234. The molecule has 26 heavy (non-hydrogen) atoms. The first-order valence-corrected chi connectivity index (χ1v) is 9.82. The van der Waals surface area contributed by atoms with Crippen molar-refractivity contribution in [2.24, 2.45) is 16.8 Å². The van der Waals surface area contributed by atoms with Crippen molar-refractivity contribution in [3.05, 3.63) is 36.0 Å². The summed E-state index contributed by atoms with van der Waals surface area (Å²) < 4.78 is 0. The van der Waals surface area contributed by atoms with E-state index >= 15 is 0 Å². The van der Waals surface area contributed by atoms with Gasteiger partial charge in [-0.25, -0.2) is 0 Å². The number of fused-ring (bicyclic) bond motifs is 1. The number of H-pyrrole nitrogens is 1. The third-order valence-electron chi connectivity index (χ3n) is 4.56. The molecule has 0 spiro atoms. The van der Waals surface area contributed by atoms with E-state index in [9.17, 15) is 5.11 Å². The van der Waals surface area contributed by atoms with Crippen molar-refractivity contribution in [1.82, 2.24) is 15.6 Å². The Bertz CT molecular complexity index is 677. The normalized spacial score (nSPS) is 13.3. The number of hydrogen-bond acceptors (Lipinski definition) is 2. The minimum Gasteiger partial charge on any atom is -0.396 e. The van der Waals surface area contributed by atoms with E-state index in [1.807, 2.05) is 0 Å². The Morgan fingerprint density at radius 3 is 2.77 bits per heavy atom. The molecule has 0 aliphatic carbocycles. The van der Waals surface area contributed by atoms with E-state index in [-0.39, 0.29) is 6.61 Å². The van der Waals surface area contributed by atoms with E-state index in [4.69, 9.17) is 4.99 Å². The van der Waals surface area contributed by atoms with Gasteiger partial charge in [0, 0.05) is 43.3 Å². The number of aliphatic imine (C=N–C) groups is 1. The van der Waals surface area contributed by atoms with E-state index in [1.54, 1.807) is 0 Å². The van der Waals surface area contributed by atoms with E-state index in [2.05, 4.69) is 66.9 Å². The maximum atomic E-state index is 9.27. The molecule has 144 valence electrons. The Hall–Kier alpha value is -2.01. The topological polar surface area (TPSA) is 72.4 Å². The van der Waals surface area contributed by atoms with Gasteiger partial charge in [-0.15, -0.1) is 0 Å². The van der Waals surface area contributed by atoms with Gasteiger partial charge in [-0.3, -0.25) is 4.99 Å². The van der Waals surface area contributed by atoms with Crippen molar-refractivity contribution in [1.29, 1.82) is 0 Å². The van der Waals surface area contributed by atoms with Crippen molar-refractivity contribution in [3.8, 4) is 0 Å². The molecule has 5 heteroatoms. The molecule has 1 aromatic carbocycles. The van der Waals surface area contributed by atoms with Crippen LogP contribution < -0.4 is 10.6 Å². The lowest BCUT2D eigenvalue weighted by Crippen LogP contribution is -2.38. The van der Waals surface area contributed by atoms with Crippen molar-refractivity contribution in [2.45, 2.75) is 40.0 Å². The van der Waals surface area contributed by atoms with Gasteiger partial charge in [0.2, 0.25) is 0 Å². The summed E-state index contributed by atoms with van der Waals surface area (Å²) in [5.74, 6) is 1.92. The zero-order valence-corrected chi connectivity index (χ0v) is 16.4. The number of hydrogen-bond donors (Lipinski definition) is 4. The molecule has 0 fully saturated rings. The summed E-state index contributed by atoms with van der Waals surface area (Å²) in [6.07, 6.45) is 4.95. The first-order chi connectivity index (χ1) is 12.6. The number of aliphatic hydroxyl groups excluding tert-OH is 1. The van der Waals surface area contributed by atoms with Crippen LogP contribution in [-0.2, 0) is 6.42 Å². The van der Waals surface area contributed by atoms with Crippen LogP contribution in [0.15, 0.2) is 35.5 Å². The average molecular weight is 359 g/mol. The Labute approximate surface area is 157 Å². The van der Waals surface area contributed by atoms with Gasteiger partial charge in [0.25, 0.3) is 0 Å². The Balaban J connectivity index is 1.90. The van der Waals surface area contributed by atoms with E-state index in [0.29, 0.717) is 11.8 Å². The highest BCUT2D eigenvalue weighted by Crippen LogP contribution is 2.18. The van der Waals surface area contributed by atoms with Gasteiger partial charge in [-0.1, -0.05) is 32.0 Å². The van der Waals surface area contributed by atoms with Gasteiger partial charge >= 0.3 is 0 Å². The third kappa shape index (κ3) is 6.37. The highest BCUT2D eigenvalue weighted by atomic mass is 16.3. The summed E-state index contributed by atoms with van der Waals surface area (Å²) >= 11 is 0. The summed E-state index contributed by atoms with van der Waals surface area (Å²) in [5, 5.41) is 17.3. The fourth-order valence-electron chi connectivity index (χ4n) is 3.35. The number of rotatable bonds is 10. The monoisotopic (exact) mass is 358 g/mol. The van der Waals surface area contributed by atoms with Gasteiger partial charge in [-0.05, 0) is 49.7 Å². The molecular weight excluding hydrogens is 324 g/mol. The summed E-state index contributed by atoms with van der Waals surface area (Å²) in [5.41, 5.74) is 2.51. The van der Waals surface area contributed by atoms with Crippen molar-refractivity contribution < 1.29 is 5.11 Å². The number of guanidine groups is 1. The smallest absolute Gasteiger partial charge is 0.191 e. The van der Waals surface area contributed by atoms with Crippen LogP contribution in [0.5, 0.6) is 0 Å². The fourth-order valence-corrected chi connectivity index (χ4v) is 3.35. The summed E-state index contributed by atoms with van der Waals surface area (Å²) in [6, 6.07) is 8.39. The van der Waals surface area contributed by atoms with Crippen LogP contribution in [0.4, 0.5) is 0 Å². The highest BCUT2D eigenvalue weighted by molar-refractivity contribution is 5.83. The molecule has 0 amide bonds. The highest BCUT2D eigenvalue weighted by Gasteiger charge is 2.11. The second-order valence-electron chi connectivity index (χ2n) is 7.26. The lowest BCUT2D eigenvalue weighted by atomic mass is 9.94. The van der Waals surface area contributed by atoms with E-state index < -0.39 is 0 Å². The molecule has 0 aliphatic heterocycles. The predicted octanol–water partition coefficient (Wildman–Crippen LogP) is 3.31. The minimum absolute atomic E-state index is 0.234. The molecule has 5 nitrogen and oxygen atoms in total. The second-order valence-corrected chi connectivity index (χ2v) is 7.26. The molecule has 0 radical (unpaired) electrons. The SMILES string of the molecule is CCNC(=NCC(CCO)CC(C)C)NCCc1c[nH]c2ccccc12. The molecule has 1 atom stereocenters. The quantitative estimate of drug-likeness (QED) is 0.389. The van der Waals surface area contributed by atoms with E-state index in [0.717, 1.165) is 44.9 Å². The molecule has 0 aliphatic rings. The van der Waals surface area contributed by atoms with Crippen molar-refractivity contribution >= 4 is 16.9 Å². The zero-order valence-electron chi connectivity index (χ0n) is 16.4. The largest absolute Gasteiger partial charge is 0.396 e. The van der Waals surface area contributed by atoms with Crippen LogP contribution in [0.3, 0.4) is 0 Å². The molecule has 0 saturated carbocycles. The number of aliphatic hydroxyl groups is 1. The number of nitrogens with zero attached hydrogens (tertiary/aromatic N) is 1. The third-order valence-corrected chi connectivity index (χ3v) is 4.56. The molecule has 1 aromatic heterocycles. The summed E-state index contributed by atoms with van der Waals surface area (Å²) in [7, 11) is 0. The number of nitrogens with one attached hydrogen (secondary N) is 3. The lowest BCUT2D eigenvalue weighted by Gasteiger charge is -2.17. The Morgan fingerprint density at radius 1 is 1.23 bits per heavy atom. The molecule has 2 rings (SSSR count). The predicted molar refractivity (Wildman–Crippen MR) is 111 cm³/mol. The van der Waals surface area contributed by atoms with Crippen LogP contribution in [-0.4, -0.2) is 42.3 Å². The van der Waals surface area contributed by atoms with Crippen LogP contribution in [0.1, 0.15) is 39.2 Å². The lowest BCUT2D eigenvalue weighted by molar-refractivity contribution is 0.245. The summed E-state index contributed by atoms with van der Waals surface area (Å²) in [6.45, 7) is 9.18. The maximum Gasteiger partial charge on any atom is 0.191 e. The van der Waals surface area contributed by atoms with Gasteiger partial charge in [-0.2, -0.15) is 0 Å². The van der Waals surface area contributed by atoms with Crippen molar-refractivity contribution in [3.63, 3.8) is 0 Å². The second kappa shape index (κ2) is 10.9. The fraction of sp³-hybridized carbons (Fsp3) is 0.571.